The minimum absolute atomic E-state index is 0.0831. The van der Waals surface area contributed by atoms with Gasteiger partial charge in [-0.25, -0.2) is 4.79 Å². The van der Waals surface area contributed by atoms with E-state index < -0.39 is 55.0 Å². The van der Waals surface area contributed by atoms with Gasteiger partial charge in [0.1, 0.15) is 35.9 Å². The summed E-state index contributed by atoms with van der Waals surface area (Å²) in [6.07, 6.45) is -10.9. The number of rotatable bonds is 6. The molecule has 5 N–H and O–H groups in total. The summed E-state index contributed by atoms with van der Waals surface area (Å²) in [5.41, 5.74) is 2.65. The lowest BCUT2D eigenvalue weighted by atomic mass is 9.84. The standard InChI is InChI=1S/C29H28O12/c1-36-16-9-8-14-19-25(40-23(14)24(16)37-2)18-15(12-6-4-3-5-7-12)10-13(11-17(18)39-28(19)35)38-29-22(32)20(30)21(31)26(41-29)27(33)34/h3-11,19-22,25-26,28-32,35H,1-2H3,(H,33,34)/t19-,20-,21-,22+,25-,26-,28-,29+/m0/s1. The van der Waals surface area contributed by atoms with Crippen molar-refractivity contribution in [2.24, 2.45) is 0 Å². The highest BCUT2D eigenvalue weighted by molar-refractivity contribution is 5.75. The quantitative estimate of drug-likeness (QED) is 0.291. The number of aliphatic hydroxyl groups excluding tert-OH is 4. The van der Waals surface area contributed by atoms with Crippen LogP contribution in [0.1, 0.15) is 23.1 Å². The normalized spacial score (nSPS) is 29.7. The summed E-state index contributed by atoms with van der Waals surface area (Å²) in [5, 5.41) is 51.3. The third-order valence-corrected chi connectivity index (χ3v) is 7.57. The highest BCUT2D eigenvalue weighted by Gasteiger charge is 2.50. The summed E-state index contributed by atoms with van der Waals surface area (Å²) in [4.78, 5) is 11.6. The second-order valence-electron chi connectivity index (χ2n) is 9.89. The van der Waals surface area contributed by atoms with Gasteiger partial charge in [-0.3, -0.25) is 0 Å². The minimum atomic E-state index is -1.86. The number of aliphatic carboxylic acids is 1. The third kappa shape index (κ3) is 4.40. The molecule has 3 aliphatic heterocycles. The Morgan fingerprint density at radius 1 is 0.878 bits per heavy atom. The molecular weight excluding hydrogens is 540 g/mol. The molecule has 0 aliphatic carbocycles. The molecule has 3 aliphatic rings. The fourth-order valence-corrected chi connectivity index (χ4v) is 5.61. The number of carbonyl (C=O) groups is 1. The van der Waals surface area contributed by atoms with Crippen molar-refractivity contribution in [3.8, 4) is 39.9 Å². The van der Waals surface area contributed by atoms with Crippen LogP contribution in [0.2, 0.25) is 0 Å². The molecule has 12 nitrogen and oxygen atoms in total. The summed E-state index contributed by atoms with van der Waals surface area (Å²) in [6, 6.07) is 15.9. The van der Waals surface area contributed by atoms with Crippen LogP contribution in [0.25, 0.3) is 11.1 Å². The smallest absolute Gasteiger partial charge is 0.335 e. The van der Waals surface area contributed by atoms with Crippen LogP contribution in [0, 0.1) is 0 Å². The van der Waals surface area contributed by atoms with Crippen molar-refractivity contribution in [3.05, 3.63) is 65.7 Å². The van der Waals surface area contributed by atoms with Crippen LogP contribution in [-0.2, 0) is 9.53 Å². The fraction of sp³-hybridized carbons (Fsp3) is 0.345. The molecule has 216 valence electrons. The highest BCUT2D eigenvalue weighted by atomic mass is 16.7. The molecule has 3 aromatic rings. The first kappa shape index (κ1) is 27.1. The number of fused-ring (bicyclic) bond motifs is 5. The van der Waals surface area contributed by atoms with E-state index in [1.165, 1.54) is 20.3 Å². The van der Waals surface area contributed by atoms with E-state index in [0.717, 1.165) is 5.56 Å². The van der Waals surface area contributed by atoms with Crippen molar-refractivity contribution in [2.45, 2.75) is 49.0 Å². The van der Waals surface area contributed by atoms with Crippen molar-refractivity contribution in [1.29, 1.82) is 0 Å². The number of benzene rings is 3. The molecule has 1 fully saturated rings. The van der Waals surface area contributed by atoms with E-state index >= 15 is 0 Å². The molecule has 0 bridgehead atoms. The number of ether oxygens (including phenoxy) is 6. The van der Waals surface area contributed by atoms with Crippen LogP contribution in [0.5, 0.6) is 28.7 Å². The van der Waals surface area contributed by atoms with E-state index in [-0.39, 0.29) is 11.5 Å². The molecule has 8 atom stereocenters. The topological polar surface area (TPSA) is 174 Å². The van der Waals surface area contributed by atoms with Crippen molar-refractivity contribution >= 4 is 5.97 Å². The van der Waals surface area contributed by atoms with Gasteiger partial charge in [0.05, 0.1) is 20.1 Å². The number of aliphatic hydroxyl groups is 4. The van der Waals surface area contributed by atoms with Gasteiger partial charge < -0.3 is 54.0 Å². The first-order valence-electron chi connectivity index (χ1n) is 12.8. The lowest BCUT2D eigenvalue weighted by Gasteiger charge is -2.39. The highest BCUT2D eigenvalue weighted by Crippen LogP contribution is 2.59. The van der Waals surface area contributed by atoms with Gasteiger partial charge in [0.15, 0.2) is 17.6 Å². The van der Waals surface area contributed by atoms with E-state index in [2.05, 4.69) is 0 Å². The van der Waals surface area contributed by atoms with Crippen molar-refractivity contribution in [3.63, 3.8) is 0 Å². The Kier molecular flexibility index (Phi) is 6.88. The average Bonchev–Trinajstić information content (AvgIpc) is 3.37. The molecule has 6 rings (SSSR count). The first-order valence-corrected chi connectivity index (χ1v) is 12.8. The Morgan fingerprint density at radius 3 is 2.32 bits per heavy atom. The van der Waals surface area contributed by atoms with E-state index in [4.69, 9.17) is 28.4 Å². The van der Waals surface area contributed by atoms with Crippen molar-refractivity contribution in [2.75, 3.05) is 14.2 Å². The van der Waals surface area contributed by atoms with Crippen LogP contribution in [-0.4, -0.2) is 82.7 Å². The Morgan fingerprint density at radius 2 is 1.63 bits per heavy atom. The predicted octanol–water partition coefficient (Wildman–Crippen LogP) is 1.57. The van der Waals surface area contributed by atoms with E-state index in [0.29, 0.717) is 33.9 Å². The Labute approximate surface area is 233 Å². The van der Waals surface area contributed by atoms with E-state index in [1.54, 1.807) is 18.2 Å². The molecule has 41 heavy (non-hydrogen) atoms. The largest absolute Gasteiger partial charge is 0.493 e. The van der Waals surface area contributed by atoms with E-state index in [9.17, 15) is 30.3 Å². The van der Waals surface area contributed by atoms with Gasteiger partial charge in [0.25, 0.3) is 0 Å². The molecule has 0 aromatic heterocycles. The van der Waals surface area contributed by atoms with Crippen molar-refractivity contribution < 1.29 is 58.7 Å². The predicted molar refractivity (Wildman–Crippen MR) is 139 cm³/mol. The van der Waals surface area contributed by atoms with Gasteiger partial charge in [-0.1, -0.05) is 36.4 Å². The van der Waals surface area contributed by atoms with Crippen LogP contribution in [0.3, 0.4) is 0 Å². The molecule has 0 amide bonds. The van der Waals surface area contributed by atoms with Gasteiger partial charge in [0.2, 0.25) is 18.3 Å². The zero-order valence-corrected chi connectivity index (χ0v) is 21.9. The monoisotopic (exact) mass is 568 g/mol. The Balaban J connectivity index is 1.44. The number of carboxylic acids is 1. The first-order chi connectivity index (χ1) is 19.7. The van der Waals surface area contributed by atoms with E-state index in [1.807, 2.05) is 30.3 Å². The molecule has 1 saturated heterocycles. The zero-order valence-electron chi connectivity index (χ0n) is 21.9. The molecule has 3 aromatic carbocycles. The summed E-state index contributed by atoms with van der Waals surface area (Å²) in [7, 11) is 3.01. The maximum Gasteiger partial charge on any atom is 0.335 e. The number of carboxylic acid groups (broad SMARTS) is 1. The molecule has 0 saturated carbocycles. The van der Waals surface area contributed by atoms with Gasteiger partial charge in [-0.2, -0.15) is 0 Å². The number of hydrogen-bond donors (Lipinski definition) is 5. The SMILES string of the molecule is COc1ccc2c(c1OC)O[C@H]1c3c(cc(O[C@@H]4O[C@H](C(=O)O)[C@@H](O)[C@H](O)[C@H]4O)cc3-c3ccccc3)O[C@H](O)[C@@H]21. The van der Waals surface area contributed by atoms with Gasteiger partial charge >= 0.3 is 5.97 Å². The van der Waals surface area contributed by atoms with Gasteiger partial charge in [-0.15, -0.1) is 0 Å². The van der Waals surface area contributed by atoms with Gasteiger partial charge in [-0.05, 0) is 23.3 Å². The average molecular weight is 569 g/mol. The zero-order chi connectivity index (χ0) is 29.0. The molecule has 3 heterocycles. The van der Waals surface area contributed by atoms with Crippen LogP contribution < -0.4 is 23.7 Å². The second-order valence-corrected chi connectivity index (χ2v) is 9.89. The minimum Gasteiger partial charge on any atom is -0.493 e. The van der Waals surface area contributed by atoms with Crippen LogP contribution in [0.4, 0.5) is 0 Å². The Hall–Kier alpha value is -4.07. The summed E-state index contributed by atoms with van der Waals surface area (Å²) in [6.45, 7) is 0. The summed E-state index contributed by atoms with van der Waals surface area (Å²) in [5.74, 6) is -0.577. The van der Waals surface area contributed by atoms with Crippen LogP contribution in [0.15, 0.2) is 54.6 Å². The third-order valence-electron chi connectivity index (χ3n) is 7.57. The molecule has 0 radical (unpaired) electrons. The summed E-state index contributed by atoms with van der Waals surface area (Å²) >= 11 is 0. The Bertz CT molecular complexity index is 1460. The molecule has 12 heteroatoms. The molecule has 0 unspecified atom stereocenters. The summed E-state index contributed by atoms with van der Waals surface area (Å²) < 4.78 is 34.5. The van der Waals surface area contributed by atoms with Crippen molar-refractivity contribution in [1.82, 2.24) is 0 Å². The van der Waals surface area contributed by atoms with Crippen LogP contribution >= 0.6 is 0 Å². The number of methoxy groups -OCH3 is 2. The van der Waals surface area contributed by atoms with Gasteiger partial charge in [0, 0.05) is 17.2 Å². The molecular formula is C29H28O12. The maximum atomic E-state index is 11.6. The number of hydrogen-bond acceptors (Lipinski definition) is 11. The molecule has 0 spiro atoms. The maximum absolute atomic E-state index is 11.6. The fourth-order valence-electron chi connectivity index (χ4n) is 5.61. The lowest BCUT2D eigenvalue weighted by molar-refractivity contribution is -0.271. The second kappa shape index (κ2) is 10.4. The lowest BCUT2D eigenvalue weighted by Crippen LogP contribution is -2.61.